The van der Waals surface area contributed by atoms with E-state index in [-0.39, 0.29) is 0 Å². The third-order valence-electron chi connectivity index (χ3n) is 3.40. The molecule has 0 aliphatic heterocycles. The number of halogens is 2. The SMILES string of the molecule is CCn1c(SCc2ccc(Br)cc2)nnc1-c1cccc(Cl)c1. The summed E-state index contributed by atoms with van der Waals surface area (Å²) in [6.45, 7) is 2.92. The van der Waals surface area contributed by atoms with E-state index in [9.17, 15) is 0 Å². The normalized spacial score (nSPS) is 10.9. The first-order chi connectivity index (χ1) is 11.2. The van der Waals surface area contributed by atoms with Crippen LogP contribution in [0.15, 0.2) is 58.2 Å². The Labute approximate surface area is 153 Å². The molecule has 118 valence electrons. The van der Waals surface area contributed by atoms with Crippen LogP contribution in [0.5, 0.6) is 0 Å². The Morgan fingerprint density at radius 1 is 1.13 bits per heavy atom. The van der Waals surface area contributed by atoms with Crippen molar-refractivity contribution in [2.24, 2.45) is 0 Å². The molecule has 0 saturated heterocycles. The van der Waals surface area contributed by atoms with Crippen LogP contribution in [0.4, 0.5) is 0 Å². The second-order valence-corrected chi connectivity index (χ2v) is 7.27. The van der Waals surface area contributed by atoms with Crippen molar-refractivity contribution in [2.75, 3.05) is 0 Å². The van der Waals surface area contributed by atoms with Crippen LogP contribution in [0, 0.1) is 0 Å². The maximum Gasteiger partial charge on any atom is 0.191 e. The van der Waals surface area contributed by atoms with Gasteiger partial charge in [-0.1, -0.05) is 63.6 Å². The summed E-state index contributed by atoms with van der Waals surface area (Å²) in [5.41, 5.74) is 2.25. The lowest BCUT2D eigenvalue weighted by atomic mass is 10.2. The van der Waals surface area contributed by atoms with Crippen molar-refractivity contribution in [1.29, 1.82) is 0 Å². The van der Waals surface area contributed by atoms with Gasteiger partial charge in [0, 0.05) is 27.4 Å². The average molecular weight is 409 g/mol. The van der Waals surface area contributed by atoms with Gasteiger partial charge in [0.2, 0.25) is 0 Å². The first kappa shape index (κ1) is 16.6. The highest BCUT2D eigenvalue weighted by molar-refractivity contribution is 9.10. The molecule has 0 spiro atoms. The molecule has 0 N–H and O–H groups in total. The number of thioether (sulfide) groups is 1. The van der Waals surface area contributed by atoms with E-state index in [2.05, 4.69) is 61.9 Å². The number of hydrogen-bond acceptors (Lipinski definition) is 3. The van der Waals surface area contributed by atoms with Crippen molar-refractivity contribution >= 4 is 39.3 Å². The Morgan fingerprint density at radius 3 is 2.61 bits per heavy atom. The molecule has 0 aliphatic rings. The highest BCUT2D eigenvalue weighted by Gasteiger charge is 2.13. The summed E-state index contributed by atoms with van der Waals surface area (Å²) >= 11 is 11.2. The lowest BCUT2D eigenvalue weighted by Crippen LogP contribution is -1.99. The van der Waals surface area contributed by atoms with Gasteiger partial charge >= 0.3 is 0 Å². The molecule has 3 nitrogen and oxygen atoms in total. The van der Waals surface area contributed by atoms with Crippen LogP contribution in [0.25, 0.3) is 11.4 Å². The molecule has 0 bridgehead atoms. The molecule has 0 atom stereocenters. The van der Waals surface area contributed by atoms with E-state index in [1.54, 1.807) is 11.8 Å². The van der Waals surface area contributed by atoms with E-state index in [0.717, 1.165) is 33.3 Å². The number of benzene rings is 2. The third kappa shape index (κ3) is 3.97. The first-order valence-electron chi connectivity index (χ1n) is 7.23. The van der Waals surface area contributed by atoms with E-state index in [0.29, 0.717) is 5.02 Å². The van der Waals surface area contributed by atoms with Gasteiger partial charge in [-0.15, -0.1) is 10.2 Å². The summed E-state index contributed by atoms with van der Waals surface area (Å²) in [6, 6.07) is 16.0. The van der Waals surface area contributed by atoms with Gasteiger partial charge in [-0.05, 0) is 36.8 Å². The van der Waals surface area contributed by atoms with Gasteiger partial charge in [-0.2, -0.15) is 0 Å². The molecule has 3 aromatic rings. The number of hydrogen-bond donors (Lipinski definition) is 0. The van der Waals surface area contributed by atoms with E-state index >= 15 is 0 Å². The monoisotopic (exact) mass is 407 g/mol. The minimum absolute atomic E-state index is 0.706. The van der Waals surface area contributed by atoms with Crippen LogP contribution in [0.1, 0.15) is 12.5 Å². The molecule has 0 unspecified atom stereocenters. The molecule has 0 saturated carbocycles. The fourth-order valence-electron chi connectivity index (χ4n) is 2.25. The summed E-state index contributed by atoms with van der Waals surface area (Å²) in [5.74, 6) is 1.72. The summed E-state index contributed by atoms with van der Waals surface area (Å²) in [4.78, 5) is 0. The van der Waals surface area contributed by atoms with Crippen molar-refractivity contribution in [1.82, 2.24) is 14.8 Å². The summed E-state index contributed by atoms with van der Waals surface area (Å²) in [7, 11) is 0. The zero-order valence-corrected chi connectivity index (χ0v) is 15.7. The van der Waals surface area contributed by atoms with Crippen LogP contribution in [0.2, 0.25) is 5.02 Å². The Balaban J connectivity index is 1.82. The summed E-state index contributed by atoms with van der Waals surface area (Å²) in [5, 5.41) is 10.3. The Hall–Kier alpha value is -1.30. The zero-order valence-electron chi connectivity index (χ0n) is 12.5. The van der Waals surface area contributed by atoms with Crippen molar-refractivity contribution in [3.05, 3.63) is 63.6 Å². The molecule has 6 heteroatoms. The second-order valence-electron chi connectivity index (χ2n) is 4.98. The molecule has 1 aromatic heterocycles. The average Bonchev–Trinajstić information content (AvgIpc) is 2.97. The maximum absolute atomic E-state index is 6.08. The molecule has 0 fully saturated rings. The van der Waals surface area contributed by atoms with Crippen LogP contribution < -0.4 is 0 Å². The van der Waals surface area contributed by atoms with Gasteiger partial charge in [0.05, 0.1) is 0 Å². The molecule has 0 amide bonds. The van der Waals surface area contributed by atoms with E-state index in [1.807, 2.05) is 24.3 Å². The van der Waals surface area contributed by atoms with Gasteiger partial charge in [-0.3, -0.25) is 0 Å². The van der Waals surface area contributed by atoms with Gasteiger partial charge in [0.15, 0.2) is 11.0 Å². The second kappa shape index (κ2) is 7.51. The van der Waals surface area contributed by atoms with E-state index in [1.165, 1.54) is 5.56 Å². The fourth-order valence-corrected chi connectivity index (χ4v) is 3.66. The van der Waals surface area contributed by atoms with Crippen LogP contribution in [-0.2, 0) is 12.3 Å². The first-order valence-corrected chi connectivity index (χ1v) is 9.39. The smallest absolute Gasteiger partial charge is 0.191 e. The van der Waals surface area contributed by atoms with Gasteiger partial charge in [-0.25, -0.2) is 0 Å². The lowest BCUT2D eigenvalue weighted by Gasteiger charge is -2.07. The Bertz CT molecular complexity index is 802. The standard InChI is InChI=1S/C17H15BrClN3S/c1-2-22-16(13-4-3-5-15(19)10-13)20-21-17(22)23-11-12-6-8-14(18)9-7-12/h3-10H,2,11H2,1H3. The molecule has 0 radical (unpaired) electrons. The molecule has 1 heterocycles. The Morgan fingerprint density at radius 2 is 1.91 bits per heavy atom. The van der Waals surface area contributed by atoms with Crippen molar-refractivity contribution in [2.45, 2.75) is 24.4 Å². The number of rotatable bonds is 5. The molecule has 3 rings (SSSR count). The molecule has 0 aliphatic carbocycles. The zero-order chi connectivity index (χ0) is 16.2. The highest BCUT2D eigenvalue weighted by atomic mass is 79.9. The van der Waals surface area contributed by atoms with Crippen LogP contribution in [-0.4, -0.2) is 14.8 Å². The van der Waals surface area contributed by atoms with Crippen LogP contribution in [0.3, 0.4) is 0 Å². The number of aromatic nitrogens is 3. The molecule has 2 aromatic carbocycles. The number of nitrogens with zero attached hydrogens (tertiary/aromatic N) is 3. The van der Waals surface area contributed by atoms with E-state index < -0.39 is 0 Å². The fraction of sp³-hybridized carbons (Fsp3) is 0.176. The lowest BCUT2D eigenvalue weighted by molar-refractivity contribution is 0.687. The molecular formula is C17H15BrClN3S. The van der Waals surface area contributed by atoms with Crippen molar-refractivity contribution in [3.8, 4) is 11.4 Å². The quantitative estimate of drug-likeness (QED) is 0.509. The predicted molar refractivity (Wildman–Crippen MR) is 99.8 cm³/mol. The minimum Gasteiger partial charge on any atom is -0.302 e. The van der Waals surface area contributed by atoms with Crippen molar-refractivity contribution < 1.29 is 0 Å². The third-order valence-corrected chi connectivity index (χ3v) is 5.20. The van der Waals surface area contributed by atoms with Gasteiger partial charge in [0.25, 0.3) is 0 Å². The minimum atomic E-state index is 0.706. The maximum atomic E-state index is 6.08. The molecular weight excluding hydrogens is 394 g/mol. The van der Waals surface area contributed by atoms with Gasteiger partial charge < -0.3 is 4.57 Å². The van der Waals surface area contributed by atoms with E-state index in [4.69, 9.17) is 11.6 Å². The summed E-state index contributed by atoms with van der Waals surface area (Å²) < 4.78 is 3.21. The molecule has 23 heavy (non-hydrogen) atoms. The van der Waals surface area contributed by atoms with Crippen LogP contribution >= 0.6 is 39.3 Å². The summed E-state index contributed by atoms with van der Waals surface area (Å²) in [6.07, 6.45) is 0. The van der Waals surface area contributed by atoms with Crippen molar-refractivity contribution in [3.63, 3.8) is 0 Å². The largest absolute Gasteiger partial charge is 0.302 e. The topological polar surface area (TPSA) is 30.7 Å². The van der Waals surface area contributed by atoms with Gasteiger partial charge in [0.1, 0.15) is 0 Å². The highest BCUT2D eigenvalue weighted by Crippen LogP contribution is 2.27. The predicted octanol–water partition coefficient (Wildman–Crippen LogP) is 5.67. The Kier molecular flexibility index (Phi) is 5.41.